The van der Waals surface area contributed by atoms with Crippen molar-refractivity contribution in [2.75, 3.05) is 0 Å². The van der Waals surface area contributed by atoms with E-state index in [1.807, 2.05) is 0 Å². The summed E-state index contributed by atoms with van der Waals surface area (Å²) in [5, 5.41) is 2.82. The van der Waals surface area contributed by atoms with Crippen LogP contribution in [0.2, 0.25) is 0 Å². The lowest BCUT2D eigenvalue weighted by molar-refractivity contribution is 0.0809. The third kappa shape index (κ3) is 2.04. The van der Waals surface area contributed by atoms with Crippen LogP contribution >= 0.6 is 0 Å². The summed E-state index contributed by atoms with van der Waals surface area (Å²) >= 11 is 0. The summed E-state index contributed by atoms with van der Waals surface area (Å²) in [6.45, 7) is 7.34. The number of rotatable bonds is 2. The minimum Gasteiger partial charge on any atom is -0.309 e. The van der Waals surface area contributed by atoms with Gasteiger partial charge in [0.25, 0.3) is 0 Å². The second kappa shape index (κ2) is 6.03. The van der Waals surface area contributed by atoms with E-state index in [0.29, 0.717) is 0 Å². The molecule has 0 amide bonds. The number of nitrogens with zero attached hydrogens (tertiary/aromatic N) is 1. The monoisotopic (exact) mass is 405 g/mol. The quantitative estimate of drug-likeness (QED) is 0.322. The molecule has 5 atom stereocenters. The van der Waals surface area contributed by atoms with E-state index in [9.17, 15) is 0 Å². The van der Waals surface area contributed by atoms with Gasteiger partial charge in [0.15, 0.2) is 0 Å². The number of para-hydroxylation sites is 3. The van der Waals surface area contributed by atoms with Crippen LogP contribution in [-0.2, 0) is 5.41 Å². The van der Waals surface area contributed by atoms with E-state index in [4.69, 9.17) is 0 Å². The van der Waals surface area contributed by atoms with Gasteiger partial charge in [0.05, 0.1) is 16.7 Å². The zero-order valence-electron chi connectivity index (χ0n) is 18.8. The second-order valence-corrected chi connectivity index (χ2v) is 11.0. The van der Waals surface area contributed by atoms with Gasteiger partial charge in [-0.25, -0.2) is 0 Å². The lowest BCUT2D eigenvalue weighted by Crippen LogP contribution is -2.47. The molecule has 0 saturated heterocycles. The first-order valence-corrected chi connectivity index (χ1v) is 12.2. The minimum atomic E-state index is 0.169. The Morgan fingerprint density at radius 3 is 2.45 bits per heavy atom. The Hall–Kier alpha value is -2.54. The van der Waals surface area contributed by atoms with Crippen LogP contribution in [0.5, 0.6) is 0 Å². The molecule has 156 valence electrons. The fourth-order valence-corrected chi connectivity index (χ4v) is 8.14. The molecule has 2 aliphatic carbocycles. The molecule has 1 aromatic heterocycles. The largest absolute Gasteiger partial charge is 0.309 e. The van der Waals surface area contributed by atoms with Crippen molar-refractivity contribution in [3.05, 3.63) is 77.9 Å². The van der Waals surface area contributed by atoms with Gasteiger partial charge in [-0.05, 0) is 72.1 Å². The molecule has 2 heterocycles. The van der Waals surface area contributed by atoms with E-state index in [1.54, 1.807) is 11.1 Å². The van der Waals surface area contributed by atoms with Crippen molar-refractivity contribution in [1.29, 1.82) is 0 Å². The molecule has 1 aliphatic heterocycles. The lowest BCUT2D eigenvalue weighted by Gasteiger charge is -2.51. The molecule has 1 spiro atoms. The highest BCUT2D eigenvalue weighted by Crippen LogP contribution is 2.69. The Labute approximate surface area is 185 Å². The first-order valence-electron chi connectivity index (χ1n) is 12.2. The van der Waals surface area contributed by atoms with Gasteiger partial charge in [0.2, 0.25) is 0 Å². The molecule has 7 rings (SSSR count). The van der Waals surface area contributed by atoms with Gasteiger partial charge in [-0.2, -0.15) is 0 Å². The highest BCUT2D eigenvalue weighted by atomic mass is 15.0. The fraction of sp³-hybridized carbons (Fsp3) is 0.400. The van der Waals surface area contributed by atoms with Crippen molar-refractivity contribution >= 4 is 21.8 Å². The van der Waals surface area contributed by atoms with Crippen molar-refractivity contribution in [2.45, 2.75) is 45.4 Å². The molecule has 3 aromatic carbocycles. The molecule has 1 heteroatoms. The van der Waals surface area contributed by atoms with Crippen LogP contribution in [0.15, 0.2) is 66.7 Å². The Kier molecular flexibility index (Phi) is 3.52. The van der Waals surface area contributed by atoms with Crippen molar-refractivity contribution in [3.63, 3.8) is 0 Å². The van der Waals surface area contributed by atoms with Crippen molar-refractivity contribution in [3.8, 4) is 5.69 Å². The van der Waals surface area contributed by atoms with Crippen LogP contribution in [0, 0.1) is 29.6 Å². The minimum absolute atomic E-state index is 0.169. The molecular weight excluding hydrogens is 374 g/mol. The Balaban J connectivity index is 1.66. The first kappa shape index (κ1) is 18.1. The number of aromatic nitrogens is 1. The first-order chi connectivity index (χ1) is 15.1. The summed E-state index contributed by atoms with van der Waals surface area (Å²) in [5.41, 5.74) is 7.65. The van der Waals surface area contributed by atoms with Gasteiger partial charge >= 0.3 is 0 Å². The standard InChI is InChI=1S/C30H31N/c1-18(2)15-20-17-23-19(3)16-26(23)30(20)24-11-5-7-14-28(24)31-27-13-6-4-9-21(27)22-10-8-12-25(30)29(22)31/h4-14,18-20,23,26H,15-17H2,1-3H3. The number of fused-ring (bicyclic) bond motifs is 9. The predicted octanol–water partition coefficient (Wildman–Crippen LogP) is 7.72. The Morgan fingerprint density at radius 2 is 1.61 bits per heavy atom. The van der Waals surface area contributed by atoms with Crippen LogP contribution in [0.4, 0.5) is 0 Å². The molecule has 2 saturated carbocycles. The topological polar surface area (TPSA) is 4.93 Å². The zero-order valence-corrected chi connectivity index (χ0v) is 18.8. The van der Waals surface area contributed by atoms with Gasteiger partial charge in [-0.3, -0.25) is 0 Å². The fourth-order valence-electron chi connectivity index (χ4n) is 8.14. The van der Waals surface area contributed by atoms with E-state index in [2.05, 4.69) is 92.1 Å². The van der Waals surface area contributed by atoms with Crippen molar-refractivity contribution < 1.29 is 0 Å². The van der Waals surface area contributed by atoms with Crippen LogP contribution in [0.3, 0.4) is 0 Å². The van der Waals surface area contributed by atoms with Gasteiger partial charge in [0.1, 0.15) is 0 Å². The third-order valence-corrected chi connectivity index (χ3v) is 9.15. The molecule has 31 heavy (non-hydrogen) atoms. The average Bonchev–Trinajstić information content (AvgIpc) is 3.24. The smallest absolute Gasteiger partial charge is 0.0582 e. The molecule has 4 aromatic rings. The SMILES string of the molecule is CC(C)CC1CC2C(C)CC2C12c1ccccc1-n1c3ccccc3c3cccc2c31. The Bertz CT molecular complexity index is 1340. The summed E-state index contributed by atoms with van der Waals surface area (Å²) in [4.78, 5) is 0. The maximum absolute atomic E-state index is 2.59. The van der Waals surface area contributed by atoms with Crippen LogP contribution in [0.1, 0.15) is 51.2 Å². The van der Waals surface area contributed by atoms with E-state index in [0.717, 1.165) is 29.6 Å². The van der Waals surface area contributed by atoms with Crippen molar-refractivity contribution in [1.82, 2.24) is 4.57 Å². The van der Waals surface area contributed by atoms with E-state index in [1.165, 1.54) is 46.8 Å². The molecule has 1 nitrogen and oxygen atoms in total. The van der Waals surface area contributed by atoms with Gasteiger partial charge in [-0.15, -0.1) is 0 Å². The maximum atomic E-state index is 2.59. The predicted molar refractivity (Wildman–Crippen MR) is 130 cm³/mol. The number of hydrogen-bond donors (Lipinski definition) is 0. The Morgan fingerprint density at radius 1 is 0.871 bits per heavy atom. The molecule has 0 radical (unpaired) electrons. The van der Waals surface area contributed by atoms with Gasteiger partial charge < -0.3 is 4.57 Å². The summed E-state index contributed by atoms with van der Waals surface area (Å²) in [5.74, 6) is 3.99. The highest BCUT2D eigenvalue weighted by Gasteiger charge is 2.63. The van der Waals surface area contributed by atoms with Crippen LogP contribution in [-0.4, -0.2) is 4.57 Å². The number of benzene rings is 3. The number of hydrogen-bond acceptors (Lipinski definition) is 0. The highest BCUT2D eigenvalue weighted by molar-refractivity contribution is 6.11. The zero-order chi connectivity index (χ0) is 20.9. The average molecular weight is 406 g/mol. The molecule has 3 aliphatic rings. The van der Waals surface area contributed by atoms with E-state index in [-0.39, 0.29) is 5.41 Å². The van der Waals surface area contributed by atoms with Crippen LogP contribution in [0.25, 0.3) is 27.5 Å². The third-order valence-electron chi connectivity index (χ3n) is 9.15. The molecule has 5 unspecified atom stereocenters. The molecule has 0 bridgehead atoms. The lowest BCUT2D eigenvalue weighted by atomic mass is 9.53. The van der Waals surface area contributed by atoms with Gasteiger partial charge in [-0.1, -0.05) is 75.4 Å². The molecular formula is C30H31N. The molecule has 2 fully saturated rings. The molecule has 0 N–H and O–H groups in total. The summed E-state index contributed by atoms with van der Waals surface area (Å²) < 4.78 is 2.59. The second-order valence-electron chi connectivity index (χ2n) is 11.0. The maximum Gasteiger partial charge on any atom is 0.0582 e. The van der Waals surface area contributed by atoms with Gasteiger partial charge in [0, 0.05) is 16.2 Å². The summed E-state index contributed by atoms with van der Waals surface area (Å²) in [6.07, 6.45) is 4.10. The van der Waals surface area contributed by atoms with E-state index >= 15 is 0 Å². The van der Waals surface area contributed by atoms with E-state index < -0.39 is 0 Å². The summed E-state index contributed by atoms with van der Waals surface area (Å²) in [6, 6.07) is 25.6. The van der Waals surface area contributed by atoms with Crippen molar-refractivity contribution in [2.24, 2.45) is 29.6 Å². The summed E-state index contributed by atoms with van der Waals surface area (Å²) in [7, 11) is 0. The normalized spacial score (nSPS) is 30.7. The van der Waals surface area contributed by atoms with Crippen LogP contribution < -0.4 is 0 Å².